The molecule has 0 saturated carbocycles. The van der Waals surface area contributed by atoms with Gasteiger partial charge in [0.15, 0.2) is 0 Å². The lowest BCUT2D eigenvalue weighted by Gasteiger charge is -2.31. The molecule has 2 rings (SSSR count). The molecular formula is C15H23FN2O. The van der Waals surface area contributed by atoms with Gasteiger partial charge in [0, 0.05) is 31.7 Å². The van der Waals surface area contributed by atoms with Gasteiger partial charge in [-0.05, 0) is 26.0 Å². The van der Waals surface area contributed by atoms with Crippen LogP contribution in [-0.2, 0) is 11.3 Å². The van der Waals surface area contributed by atoms with E-state index in [2.05, 4.69) is 10.2 Å². The zero-order valence-electron chi connectivity index (χ0n) is 11.6. The van der Waals surface area contributed by atoms with Crippen LogP contribution in [0.2, 0.25) is 0 Å². The minimum atomic E-state index is -0.172. The summed E-state index contributed by atoms with van der Waals surface area (Å²) in [6.07, 6.45) is 2.35. The fourth-order valence-corrected chi connectivity index (χ4v) is 2.39. The maximum atomic E-state index is 13.5. The zero-order valence-corrected chi connectivity index (χ0v) is 11.6. The predicted molar refractivity (Wildman–Crippen MR) is 74.6 cm³/mol. The van der Waals surface area contributed by atoms with Gasteiger partial charge in [-0.2, -0.15) is 0 Å². The van der Waals surface area contributed by atoms with Crippen molar-refractivity contribution in [2.24, 2.45) is 0 Å². The van der Waals surface area contributed by atoms with Crippen molar-refractivity contribution in [3.8, 4) is 0 Å². The molecule has 0 spiro atoms. The van der Waals surface area contributed by atoms with Crippen molar-refractivity contribution in [2.75, 3.05) is 33.2 Å². The number of ether oxygens (including phenoxy) is 1. The lowest BCUT2D eigenvalue weighted by atomic mass is 10.1. The Kier molecular flexibility index (Phi) is 5.76. The van der Waals surface area contributed by atoms with Crippen molar-refractivity contribution in [1.82, 2.24) is 10.2 Å². The molecule has 1 aliphatic rings. The first-order valence-electron chi connectivity index (χ1n) is 7.01. The Hall–Kier alpha value is -0.970. The Labute approximate surface area is 114 Å². The van der Waals surface area contributed by atoms with Crippen LogP contribution in [0.15, 0.2) is 24.3 Å². The Balaban J connectivity index is 1.70. The van der Waals surface area contributed by atoms with Gasteiger partial charge in [0.05, 0.1) is 12.7 Å². The van der Waals surface area contributed by atoms with Crippen LogP contribution in [0.25, 0.3) is 0 Å². The van der Waals surface area contributed by atoms with Crippen LogP contribution in [-0.4, -0.2) is 44.2 Å². The van der Waals surface area contributed by atoms with Gasteiger partial charge in [-0.3, -0.25) is 0 Å². The molecule has 0 unspecified atom stereocenters. The molecule has 3 nitrogen and oxygen atoms in total. The van der Waals surface area contributed by atoms with Gasteiger partial charge in [-0.1, -0.05) is 18.2 Å². The number of hydrogen-bond acceptors (Lipinski definition) is 3. The van der Waals surface area contributed by atoms with Crippen LogP contribution >= 0.6 is 0 Å². The summed E-state index contributed by atoms with van der Waals surface area (Å²) in [5.74, 6) is -0.172. The monoisotopic (exact) mass is 266 g/mol. The van der Waals surface area contributed by atoms with E-state index in [1.54, 1.807) is 12.1 Å². The molecular weight excluding hydrogens is 243 g/mol. The average molecular weight is 266 g/mol. The molecule has 1 aliphatic heterocycles. The van der Waals surface area contributed by atoms with Crippen molar-refractivity contribution in [3.05, 3.63) is 35.6 Å². The van der Waals surface area contributed by atoms with Crippen LogP contribution in [0.3, 0.4) is 0 Å². The Morgan fingerprint density at radius 2 is 2.05 bits per heavy atom. The second kappa shape index (κ2) is 7.58. The van der Waals surface area contributed by atoms with Gasteiger partial charge >= 0.3 is 0 Å². The third kappa shape index (κ3) is 4.56. The topological polar surface area (TPSA) is 24.5 Å². The van der Waals surface area contributed by atoms with E-state index >= 15 is 0 Å². The summed E-state index contributed by atoms with van der Waals surface area (Å²) in [6, 6.07) is 6.83. The molecule has 4 heteroatoms. The van der Waals surface area contributed by atoms with Crippen molar-refractivity contribution < 1.29 is 9.13 Å². The quantitative estimate of drug-likeness (QED) is 0.852. The number of piperidine rings is 1. The van der Waals surface area contributed by atoms with Crippen LogP contribution < -0.4 is 5.32 Å². The Morgan fingerprint density at radius 3 is 2.74 bits per heavy atom. The van der Waals surface area contributed by atoms with E-state index in [4.69, 9.17) is 4.74 Å². The Bertz CT molecular complexity index is 378. The zero-order chi connectivity index (χ0) is 13.5. The van der Waals surface area contributed by atoms with E-state index in [0.717, 1.165) is 39.0 Å². The number of likely N-dealkylation sites (N-methyl/N-ethyl adjacent to an activating group) is 1. The smallest absolute Gasteiger partial charge is 0.128 e. The third-order valence-electron chi connectivity index (χ3n) is 3.65. The lowest BCUT2D eigenvalue weighted by Crippen LogP contribution is -2.40. The van der Waals surface area contributed by atoms with E-state index in [0.29, 0.717) is 12.2 Å². The number of nitrogens with zero attached hydrogens (tertiary/aromatic N) is 1. The van der Waals surface area contributed by atoms with E-state index < -0.39 is 0 Å². The molecule has 0 atom stereocenters. The fraction of sp³-hybridized carbons (Fsp3) is 0.600. The standard InChI is InChI=1S/C15H23FN2O/c1-17-8-11-18-9-6-14(7-10-18)19-12-13-4-2-3-5-15(13)16/h2-5,14,17H,6-12H2,1H3. The lowest BCUT2D eigenvalue weighted by molar-refractivity contribution is -0.00311. The number of likely N-dealkylation sites (tertiary alicyclic amines) is 1. The van der Waals surface area contributed by atoms with E-state index in [-0.39, 0.29) is 11.9 Å². The molecule has 19 heavy (non-hydrogen) atoms. The summed E-state index contributed by atoms with van der Waals surface area (Å²) in [7, 11) is 1.98. The number of halogens is 1. The first-order chi connectivity index (χ1) is 9.29. The molecule has 1 aromatic carbocycles. The van der Waals surface area contributed by atoms with Crippen LogP contribution in [0.5, 0.6) is 0 Å². The Morgan fingerprint density at radius 1 is 1.32 bits per heavy atom. The van der Waals surface area contributed by atoms with Gasteiger partial charge in [0.25, 0.3) is 0 Å². The van der Waals surface area contributed by atoms with Crippen LogP contribution in [0, 0.1) is 5.82 Å². The molecule has 0 aliphatic carbocycles. The molecule has 0 bridgehead atoms. The molecule has 1 aromatic rings. The predicted octanol–water partition coefficient (Wildman–Crippen LogP) is 2.03. The second-order valence-electron chi connectivity index (χ2n) is 5.05. The summed E-state index contributed by atoms with van der Waals surface area (Å²) in [4.78, 5) is 2.44. The van der Waals surface area contributed by atoms with Crippen molar-refractivity contribution in [3.63, 3.8) is 0 Å². The molecule has 1 N–H and O–H groups in total. The number of benzene rings is 1. The molecule has 1 fully saturated rings. The number of hydrogen-bond donors (Lipinski definition) is 1. The highest BCUT2D eigenvalue weighted by atomic mass is 19.1. The normalized spacial score (nSPS) is 17.8. The number of nitrogens with one attached hydrogen (secondary N) is 1. The van der Waals surface area contributed by atoms with Crippen LogP contribution in [0.1, 0.15) is 18.4 Å². The van der Waals surface area contributed by atoms with Gasteiger partial charge in [0.2, 0.25) is 0 Å². The maximum Gasteiger partial charge on any atom is 0.128 e. The van der Waals surface area contributed by atoms with Gasteiger partial charge < -0.3 is 15.0 Å². The average Bonchev–Trinajstić information content (AvgIpc) is 2.45. The van der Waals surface area contributed by atoms with Gasteiger partial charge in [-0.25, -0.2) is 4.39 Å². The first kappa shape index (κ1) is 14.4. The fourth-order valence-electron chi connectivity index (χ4n) is 2.39. The highest BCUT2D eigenvalue weighted by molar-refractivity contribution is 5.16. The first-order valence-corrected chi connectivity index (χ1v) is 7.01. The highest BCUT2D eigenvalue weighted by Gasteiger charge is 2.19. The molecule has 1 heterocycles. The van der Waals surface area contributed by atoms with E-state index in [9.17, 15) is 4.39 Å². The minimum absolute atomic E-state index is 0.172. The van der Waals surface area contributed by atoms with Crippen molar-refractivity contribution >= 4 is 0 Å². The third-order valence-corrected chi connectivity index (χ3v) is 3.65. The van der Waals surface area contributed by atoms with E-state index in [1.165, 1.54) is 6.07 Å². The largest absolute Gasteiger partial charge is 0.373 e. The van der Waals surface area contributed by atoms with Crippen molar-refractivity contribution in [1.29, 1.82) is 0 Å². The summed E-state index contributed by atoms with van der Waals surface area (Å²) < 4.78 is 19.3. The summed E-state index contributed by atoms with van der Waals surface area (Å²) in [5.41, 5.74) is 0.653. The molecule has 0 amide bonds. The SMILES string of the molecule is CNCCN1CCC(OCc2ccccc2F)CC1. The summed E-state index contributed by atoms with van der Waals surface area (Å²) in [6.45, 7) is 4.65. The summed E-state index contributed by atoms with van der Waals surface area (Å²) in [5, 5.41) is 3.16. The minimum Gasteiger partial charge on any atom is -0.373 e. The molecule has 0 radical (unpaired) electrons. The second-order valence-corrected chi connectivity index (χ2v) is 5.05. The van der Waals surface area contributed by atoms with Gasteiger partial charge in [-0.15, -0.1) is 0 Å². The molecule has 0 aromatic heterocycles. The van der Waals surface area contributed by atoms with Crippen LogP contribution in [0.4, 0.5) is 4.39 Å². The number of rotatable bonds is 6. The van der Waals surface area contributed by atoms with E-state index in [1.807, 2.05) is 13.1 Å². The van der Waals surface area contributed by atoms with Gasteiger partial charge in [0.1, 0.15) is 5.82 Å². The molecule has 1 saturated heterocycles. The maximum absolute atomic E-state index is 13.5. The van der Waals surface area contributed by atoms with Crippen molar-refractivity contribution in [2.45, 2.75) is 25.6 Å². The summed E-state index contributed by atoms with van der Waals surface area (Å²) >= 11 is 0. The highest BCUT2D eigenvalue weighted by Crippen LogP contribution is 2.16. The molecule has 106 valence electrons.